The highest BCUT2D eigenvalue weighted by Crippen LogP contribution is 2.32. The maximum atomic E-state index is 12.4. The van der Waals surface area contributed by atoms with Crippen LogP contribution in [0.4, 0.5) is 5.13 Å². The normalized spacial score (nSPS) is 10.6. The lowest BCUT2D eigenvalue weighted by atomic mass is 10.2. The van der Waals surface area contributed by atoms with E-state index < -0.39 is 0 Å². The summed E-state index contributed by atoms with van der Waals surface area (Å²) in [5.74, 6) is 0.327. The number of nitrogens with one attached hydrogen (secondary N) is 1. The molecule has 0 saturated carbocycles. The molecule has 3 aromatic rings. The number of carbonyl (C=O) groups excluding carboxylic acids is 1. The van der Waals surface area contributed by atoms with Crippen LogP contribution in [0.1, 0.15) is 10.4 Å². The summed E-state index contributed by atoms with van der Waals surface area (Å²) in [7, 11) is 1.55. The molecule has 1 N–H and O–H groups in total. The summed E-state index contributed by atoms with van der Waals surface area (Å²) >= 11 is 3.11. The van der Waals surface area contributed by atoms with Gasteiger partial charge in [-0.25, -0.2) is 4.98 Å². The van der Waals surface area contributed by atoms with E-state index in [2.05, 4.69) is 10.3 Å². The van der Waals surface area contributed by atoms with Gasteiger partial charge in [0.2, 0.25) is 0 Å². The number of aromatic nitrogens is 1. The topological polar surface area (TPSA) is 51.2 Å². The predicted octanol–water partition coefficient (Wildman–Crippen LogP) is 4.28. The molecule has 22 heavy (non-hydrogen) atoms. The molecule has 6 heteroatoms. The van der Waals surface area contributed by atoms with E-state index in [-0.39, 0.29) is 5.91 Å². The Labute approximate surface area is 136 Å². The average molecular weight is 330 g/mol. The minimum Gasteiger partial charge on any atom is -0.496 e. The summed E-state index contributed by atoms with van der Waals surface area (Å²) in [5.41, 5.74) is 1.42. The number of fused-ring (bicyclic) bond motifs is 1. The van der Waals surface area contributed by atoms with E-state index in [9.17, 15) is 4.79 Å². The van der Waals surface area contributed by atoms with Crippen molar-refractivity contribution < 1.29 is 9.53 Å². The van der Waals surface area contributed by atoms with Crippen LogP contribution in [-0.4, -0.2) is 24.3 Å². The molecule has 1 heterocycles. The molecule has 0 atom stereocenters. The lowest BCUT2D eigenvalue weighted by molar-refractivity contribution is 0.102. The number of amides is 1. The van der Waals surface area contributed by atoms with Gasteiger partial charge in [0.15, 0.2) is 5.13 Å². The van der Waals surface area contributed by atoms with Crippen molar-refractivity contribution in [3.05, 3.63) is 48.0 Å². The molecule has 0 aliphatic heterocycles. The number of ether oxygens (including phenoxy) is 1. The van der Waals surface area contributed by atoms with Crippen molar-refractivity contribution in [1.82, 2.24) is 4.98 Å². The third kappa shape index (κ3) is 2.80. The smallest absolute Gasteiger partial charge is 0.261 e. The van der Waals surface area contributed by atoms with Crippen molar-refractivity contribution >= 4 is 44.4 Å². The van der Waals surface area contributed by atoms with Crippen LogP contribution in [0.3, 0.4) is 0 Å². The Morgan fingerprint density at radius 1 is 1.23 bits per heavy atom. The Hall–Kier alpha value is -2.05. The minimum atomic E-state index is -0.220. The summed E-state index contributed by atoms with van der Waals surface area (Å²) in [6.07, 6.45) is 2.02. The van der Waals surface area contributed by atoms with E-state index in [1.54, 1.807) is 31.0 Å². The number of benzene rings is 2. The highest BCUT2D eigenvalue weighted by molar-refractivity contribution is 7.98. The quantitative estimate of drug-likeness (QED) is 0.726. The van der Waals surface area contributed by atoms with Crippen molar-refractivity contribution in [2.45, 2.75) is 4.90 Å². The van der Waals surface area contributed by atoms with Crippen molar-refractivity contribution in [2.75, 3.05) is 18.7 Å². The Kier molecular flexibility index (Phi) is 4.31. The first-order valence-electron chi connectivity index (χ1n) is 6.61. The van der Waals surface area contributed by atoms with E-state index in [4.69, 9.17) is 4.74 Å². The van der Waals surface area contributed by atoms with Gasteiger partial charge < -0.3 is 4.74 Å². The Morgan fingerprint density at radius 2 is 2.05 bits per heavy atom. The van der Waals surface area contributed by atoms with E-state index >= 15 is 0 Å². The second kappa shape index (κ2) is 6.37. The first-order chi connectivity index (χ1) is 10.7. The fourth-order valence-corrected chi connectivity index (χ4v) is 3.65. The molecular formula is C16H14N2O2S2. The minimum absolute atomic E-state index is 0.220. The van der Waals surface area contributed by atoms with Gasteiger partial charge in [-0.2, -0.15) is 0 Å². The zero-order valence-corrected chi connectivity index (χ0v) is 13.8. The predicted molar refractivity (Wildman–Crippen MR) is 92.3 cm³/mol. The number of thioether (sulfide) groups is 1. The number of nitrogens with zero attached hydrogens (tertiary/aromatic N) is 1. The maximum Gasteiger partial charge on any atom is 0.261 e. The molecule has 0 bridgehead atoms. The van der Waals surface area contributed by atoms with Crippen molar-refractivity contribution in [3.8, 4) is 5.75 Å². The van der Waals surface area contributed by atoms with Crippen LogP contribution in [-0.2, 0) is 0 Å². The van der Waals surface area contributed by atoms with Gasteiger partial charge in [0.1, 0.15) is 5.75 Å². The molecule has 0 aliphatic carbocycles. The molecule has 1 aromatic heterocycles. The van der Waals surface area contributed by atoms with Gasteiger partial charge in [-0.3, -0.25) is 10.1 Å². The van der Waals surface area contributed by atoms with E-state index in [1.165, 1.54) is 11.3 Å². The number of carbonyl (C=O) groups is 1. The van der Waals surface area contributed by atoms with Crippen molar-refractivity contribution in [2.24, 2.45) is 0 Å². The number of anilines is 1. The molecule has 0 radical (unpaired) electrons. The zero-order valence-electron chi connectivity index (χ0n) is 12.1. The lowest BCUT2D eigenvalue weighted by Gasteiger charge is -2.06. The lowest BCUT2D eigenvalue weighted by Crippen LogP contribution is -2.12. The van der Waals surface area contributed by atoms with E-state index in [0.717, 1.165) is 15.1 Å². The van der Waals surface area contributed by atoms with Gasteiger partial charge in [0, 0.05) is 4.90 Å². The van der Waals surface area contributed by atoms with Crippen molar-refractivity contribution in [3.63, 3.8) is 0 Å². The van der Waals surface area contributed by atoms with Gasteiger partial charge >= 0.3 is 0 Å². The highest BCUT2D eigenvalue weighted by atomic mass is 32.2. The highest BCUT2D eigenvalue weighted by Gasteiger charge is 2.14. The molecule has 0 spiro atoms. The largest absolute Gasteiger partial charge is 0.496 e. The maximum absolute atomic E-state index is 12.4. The standard InChI is InChI=1S/C16H14N2O2S2/c1-20-11-7-4-3-6-10(11)15(19)18-16-17-14-12(21-2)8-5-9-13(14)22-16/h3-9H,1-2H3,(H,17,18,19). The third-order valence-electron chi connectivity index (χ3n) is 3.17. The number of para-hydroxylation sites is 2. The van der Waals surface area contributed by atoms with Crippen molar-refractivity contribution in [1.29, 1.82) is 0 Å². The molecule has 0 fully saturated rings. The molecule has 2 aromatic carbocycles. The summed E-state index contributed by atoms with van der Waals surface area (Å²) in [6.45, 7) is 0. The fraction of sp³-hybridized carbons (Fsp3) is 0.125. The Morgan fingerprint density at radius 3 is 2.82 bits per heavy atom. The molecule has 1 amide bonds. The van der Waals surface area contributed by atoms with Crippen LogP contribution in [0, 0.1) is 0 Å². The van der Waals surface area contributed by atoms with Gasteiger partial charge in [0.25, 0.3) is 5.91 Å². The summed E-state index contributed by atoms with van der Waals surface area (Å²) in [5, 5.41) is 3.44. The summed E-state index contributed by atoms with van der Waals surface area (Å²) < 4.78 is 6.28. The summed E-state index contributed by atoms with van der Waals surface area (Å²) in [6, 6.07) is 13.2. The molecule has 112 valence electrons. The SMILES string of the molecule is COc1ccccc1C(=O)Nc1nc2c(SC)cccc2s1. The van der Waals surface area contributed by atoms with Crippen LogP contribution >= 0.6 is 23.1 Å². The molecule has 3 rings (SSSR count). The average Bonchev–Trinajstić information content (AvgIpc) is 2.96. The van der Waals surface area contributed by atoms with Gasteiger partial charge in [-0.05, 0) is 30.5 Å². The number of methoxy groups -OCH3 is 1. The summed E-state index contributed by atoms with van der Waals surface area (Å²) in [4.78, 5) is 18.0. The number of hydrogen-bond donors (Lipinski definition) is 1. The second-order valence-electron chi connectivity index (χ2n) is 4.48. The van der Waals surface area contributed by atoms with Crippen LogP contribution in [0.5, 0.6) is 5.75 Å². The molecule has 0 aliphatic rings. The van der Waals surface area contributed by atoms with Gasteiger partial charge in [-0.15, -0.1) is 11.8 Å². The van der Waals surface area contributed by atoms with Crippen LogP contribution < -0.4 is 10.1 Å². The first-order valence-corrected chi connectivity index (χ1v) is 8.65. The molecule has 4 nitrogen and oxygen atoms in total. The number of rotatable bonds is 4. The monoisotopic (exact) mass is 330 g/mol. The van der Waals surface area contributed by atoms with Crippen LogP contribution in [0.15, 0.2) is 47.4 Å². The Balaban J connectivity index is 1.91. The zero-order chi connectivity index (χ0) is 15.5. The van der Waals surface area contributed by atoms with E-state index in [0.29, 0.717) is 16.4 Å². The second-order valence-corrected chi connectivity index (χ2v) is 6.36. The Bertz CT molecular complexity index is 830. The molecule has 0 saturated heterocycles. The van der Waals surface area contributed by atoms with Gasteiger partial charge in [-0.1, -0.05) is 29.5 Å². The number of hydrogen-bond acceptors (Lipinski definition) is 5. The fourth-order valence-electron chi connectivity index (χ4n) is 2.14. The number of thiazole rings is 1. The molecule has 0 unspecified atom stereocenters. The van der Waals surface area contributed by atoms with Crippen LogP contribution in [0.2, 0.25) is 0 Å². The van der Waals surface area contributed by atoms with E-state index in [1.807, 2.05) is 36.6 Å². The third-order valence-corrected chi connectivity index (χ3v) is 4.88. The first kappa shape index (κ1) is 14.9. The van der Waals surface area contributed by atoms with Crippen LogP contribution in [0.25, 0.3) is 10.2 Å². The molecular weight excluding hydrogens is 316 g/mol. The van der Waals surface area contributed by atoms with Gasteiger partial charge in [0.05, 0.1) is 22.9 Å².